The molecular weight excluding hydrogens is 296 g/mol. The van der Waals surface area contributed by atoms with E-state index in [2.05, 4.69) is 20.8 Å². The van der Waals surface area contributed by atoms with Gasteiger partial charge in [0.2, 0.25) is 0 Å². The minimum Gasteiger partial charge on any atom is -0.390 e. The number of benzene rings is 1. The van der Waals surface area contributed by atoms with Crippen molar-refractivity contribution < 1.29 is 10.2 Å². The van der Waals surface area contributed by atoms with Gasteiger partial charge in [0.05, 0.1) is 11.7 Å². The Morgan fingerprint density at radius 1 is 1.05 bits per heavy atom. The first-order valence-electron chi connectivity index (χ1n) is 8.64. The van der Waals surface area contributed by atoms with Crippen molar-refractivity contribution in [2.24, 2.45) is 0 Å². The summed E-state index contributed by atoms with van der Waals surface area (Å²) in [5, 5.41) is 21.5. The summed E-state index contributed by atoms with van der Waals surface area (Å²) < 4.78 is 0. The molecule has 0 fully saturated rings. The second kappa shape index (κ2) is 9.54. The molecule has 1 aromatic carbocycles. The molecule has 1 rings (SSSR count). The average Bonchev–Trinajstić information content (AvgIpc) is 2.47. The van der Waals surface area contributed by atoms with Gasteiger partial charge in [-0.25, -0.2) is 0 Å². The van der Waals surface area contributed by atoms with Gasteiger partial charge in [0.1, 0.15) is 0 Å². The standard InChI is InChI=1S/C19H31ClO2/c1-4-7-18(21)16-14-15(8-9-17(16)20)10-13-19(22,11-5-2)12-6-3/h8-9,14,18,21-22H,4-7,10-13H2,1-3H3. The summed E-state index contributed by atoms with van der Waals surface area (Å²) in [6, 6.07) is 5.87. The molecular formula is C19H31ClO2. The van der Waals surface area contributed by atoms with Gasteiger partial charge in [-0.2, -0.15) is 0 Å². The first-order chi connectivity index (χ1) is 10.5. The molecule has 0 aromatic heterocycles. The fraction of sp³-hybridized carbons (Fsp3) is 0.684. The van der Waals surface area contributed by atoms with Gasteiger partial charge in [0.15, 0.2) is 0 Å². The Balaban J connectivity index is 2.79. The molecule has 0 heterocycles. The molecule has 3 heteroatoms. The maximum atomic E-state index is 10.7. The van der Waals surface area contributed by atoms with E-state index in [0.29, 0.717) is 5.02 Å². The Hall–Kier alpha value is -0.570. The van der Waals surface area contributed by atoms with Crippen LogP contribution in [0.3, 0.4) is 0 Å². The maximum absolute atomic E-state index is 10.7. The summed E-state index contributed by atoms with van der Waals surface area (Å²) >= 11 is 6.21. The lowest BCUT2D eigenvalue weighted by Crippen LogP contribution is -2.28. The zero-order valence-electron chi connectivity index (χ0n) is 14.2. The fourth-order valence-electron chi connectivity index (χ4n) is 3.12. The van der Waals surface area contributed by atoms with Gasteiger partial charge >= 0.3 is 0 Å². The second-order valence-corrected chi connectivity index (χ2v) is 6.79. The predicted octanol–water partition coefficient (Wildman–Crippen LogP) is 5.44. The molecule has 0 saturated heterocycles. The Labute approximate surface area is 140 Å². The van der Waals surface area contributed by atoms with Gasteiger partial charge in [-0.1, -0.05) is 63.8 Å². The number of aliphatic hydroxyl groups is 2. The van der Waals surface area contributed by atoms with Gasteiger partial charge < -0.3 is 10.2 Å². The molecule has 0 spiro atoms. The first-order valence-corrected chi connectivity index (χ1v) is 9.02. The van der Waals surface area contributed by atoms with E-state index < -0.39 is 11.7 Å². The van der Waals surface area contributed by atoms with Crippen molar-refractivity contribution in [3.63, 3.8) is 0 Å². The van der Waals surface area contributed by atoms with Crippen molar-refractivity contribution in [2.45, 2.75) is 83.8 Å². The largest absolute Gasteiger partial charge is 0.390 e. The van der Waals surface area contributed by atoms with Crippen molar-refractivity contribution in [1.29, 1.82) is 0 Å². The highest BCUT2D eigenvalue weighted by atomic mass is 35.5. The van der Waals surface area contributed by atoms with E-state index in [4.69, 9.17) is 11.6 Å². The third kappa shape index (κ3) is 5.91. The summed E-state index contributed by atoms with van der Waals surface area (Å²) in [7, 11) is 0. The summed E-state index contributed by atoms with van der Waals surface area (Å²) in [6.45, 7) is 6.28. The van der Waals surface area contributed by atoms with Crippen LogP contribution in [0.4, 0.5) is 0 Å². The monoisotopic (exact) mass is 326 g/mol. The van der Waals surface area contributed by atoms with E-state index in [1.807, 2.05) is 18.2 Å². The molecule has 22 heavy (non-hydrogen) atoms. The van der Waals surface area contributed by atoms with E-state index in [-0.39, 0.29) is 0 Å². The lowest BCUT2D eigenvalue weighted by molar-refractivity contribution is 0.0132. The zero-order valence-corrected chi connectivity index (χ0v) is 15.0. The molecule has 1 unspecified atom stereocenters. The fourth-order valence-corrected chi connectivity index (χ4v) is 3.36. The summed E-state index contributed by atoms with van der Waals surface area (Å²) in [4.78, 5) is 0. The quantitative estimate of drug-likeness (QED) is 0.601. The molecule has 2 N–H and O–H groups in total. The third-order valence-electron chi connectivity index (χ3n) is 4.29. The summed E-state index contributed by atoms with van der Waals surface area (Å²) in [6.07, 6.45) is 6.42. The van der Waals surface area contributed by atoms with Gasteiger partial charge in [0.25, 0.3) is 0 Å². The topological polar surface area (TPSA) is 40.5 Å². The highest BCUT2D eigenvalue weighted by molar-refractivity contribution is 6.31. The third-order valence-corrected chi connectivity index (χ3v) is 4.64. The Morgan fingerprint density at radius 3 is 2.23 bits per heavy atom. The highest BCUT2D eigenvalue weighted by Gasteiger charge is 2.24. The van der Waals surface area contributed by atoms with Crippen molar-refractivity contribution >= 4 is 11.6 Å². The number of aryl methyl sites for hydroxylation is 1. The van der Waals surface area contributed by atoms with Gasteiger partial charge in [-0.15, -0.1) is 0 Å². The van der Waals surface area contributed by atoms with Crippen LogP contribution in [0.2, 0.25) is 5.02 Å². The summed E-state index contributed by atoms with van der Waals surface area (Å²) in [5.74, 6) is 0. The minimum absolute atomic E-state index is 0.498. The predicted molar refractivity (Wildman–Crippen MR) is 94.4 cm³/mol. The van der Waals surface area contributed by atoms with Crippen LogP contribution in [-0.2, 0) is 6.42 Å². The lowest BCUT2D eigenvalue weighted by atomic mass is 9.86. The molecule has 1 aromatic rings. The Morgan fingerprint density at radius 2 is 1.68 bits per heavy atom. The van der Waals surface area contributed by atoms with Crippen molar-refractivity contribution in [3.8, 4) is 0 Å². The van der Waals surface area contributed by atoms with E-state index in [1.165, 1.54) is 0 Å². The average molecular weight is 327 g/mol. The van der Waals surface area contributed by atoms with Crippen LogP contribution in [-0.4, -0.2) is 15.8 Å². The molecule has 0 radical (unpaired) electrons. The van der Waals surface area contributed by atoms with Crippen molar-refractivity contribution in [1.82, 2.24) is 0 Å². The van der Waals surface area contributed by atoms with Crippen LogP contribution in [0.15, 0.2) is 18.2 Å². The Bertz CT molecular complexity index is 439. The molecule has 1 atom stereocenters. The molecule has 0 bridgehead atoms. The number of halogens is 1. The molecule has 126 valence electrons. The van der Waals surface area contributed by atoms with Crippen LogP contribution in [0.5, 0.6) is 0 Å². The molecule has 0 aliphatic carbocycles. The van der Waals surface area contributed by atoms with Crippen LogP contribution < -0.4 is 0 Å². The van der Waals surface area contributed by atoms with E-state index >= 15 is 0 Å². The van der Waals surface area contributed by atoms with E-state index in [9.17, 15) is 10.2 Å². The van der Waals surface area contributed by atoms with Crippen LogP contribution in [0.25, 0.3) is 0 Å². The smallest absolute Gasteiger partial charge is 0.0804 e. The number of rotatable bonds is 10. The number of aliphatic hydroxyl groups excluding tert-OH is 1. The number of hydrogen-bond acceptors (Lipinski definition) is 2. The molecule has 0 aliphatic rings. The number of hydrogen-bond donors (Lipinski definition) is 2. The van der Waals surface area contributed by atoms with Crippen molar-refractivity contribution in [2.75, 3.05) is 0 Å². The van der Waals surface area contributed by atoms with Gasteiger partial charge in [-0.05, 0) is 49.3 Å². The van der Waals surface area contributed by atoms with E-state index in [1.54, 1.807) is 0 Å². The molecule has 0 saturated carbocycles. The minimum atomic E-state index is -0.564. The Kier molecular flexibility index (Phi) is 8.45. The highest BCUT2D eigenvalue weighted by Crippen LogP contribution is 2.30. The van der Waals surface area contributed by atoms with E-state index in [0.717, 1.165) is 62.5 Å². The van der Waals surface area contributed by atoms with Gasteiger partial charge in [-0.3, -0.25) is 0 Å². The van der Waals surface area contributed by atoms with Gasteiger partial charge in [0, 0.05) is 5.02 Å². The van der Waals surface area contributed by atoms with Crippen LogP contribution >= 0.6 is 11.6 Å². The molecule has 0 amide bonds. The van der Waals surface area contributed by atoms with Crippen LogP contribution in [0, 0.1) is 0 Å². The second-order valence-electron chi connectivity index (χ2n) is 6.38. The molecule has 0 aliphatic heterocycles. The maximum Gasteiger partial charge on any atom is 0.0804 e. The lowest BCUT2D eigenvalue weighted by Gasteiger charge is -2.27. The van der Waals surface area contributed by atoms with Crippen LogP contribution in [0.1, 0.15) is 82.9 Å². The molecule has 2 nitrogen and oxygen atoms in total. The normalized spacial score (nSPS) is 13.4. The SMILES string of the molecule is CCCC(O)c1cc(CCC(O)(CCC)CCC)ccc1Cl. The zero-order chi connectivity index (χ0) is 16.6. The first kappa shape index (κ1) is 19.5. The van der Waals surface area contributed by atoms with Crippen molar-refractivity contribution in [3.05, 3.63) is 34.3 Å². The summed E-state index contributed by atoms with van der Waals surface area (Å²) in [5.41, 5.74) is 1.39.